The molecule has 1 aromatic heterocycles. The second-order valence-corrected chi connectivity index (χ2v) is 7.46. The Morgan fingerprint density at radius 1 is 1.33 bits per heavy atom. The molecule has 24 heavy (non-hydrogen) atoms. The van der Waals surface area contributed by atoms with Gasteiger partial charge >= 0.3 is 6.09 Å². The van der Waals surface area contributed by atoms with Gasteiger partial charge in [-0.1, -0.05) is 18.2 Å². The molecule has 0 saturated heterocycles. The summed E-state index contributed by atoms with van der Waals surface area (Å²) in [6.07, 6.45) is 4.58. The van der Waals surface area contributed by atoms with E-state index >= 15 is 0 Å². The third kappa shape index (κ3) is 3.30. The monoisotopic (exact) mass is 327 g/mol. The van der Waals surface area contributed by atoms with E-state index in [1.165, 1.54) is 11.1 Å². The number of hydrogen-bond acceptors (Lipinski definition) is 3. The van der Waals surface area contributed by atoms with Crippen LogP contribution in [0.3, 0.4) is 0 Å². The number of ether oxygens (including phenoxy) is 1. The summed E-state index contributed by atoms with van der Waals surface area (Å²) in [5.74, 6) is 0. The molecule has 1 aliphatic heterocycles. The molecule has 2 aromatic rings. The predicted molar refractivity (Wildman–Crippen MR) is 95.7 cm³/mol. The Labute approximate surface area is 142 Å². The van der Waals surface area contributed by atoms with Crippen LogP contribution in [-0.2, 0) is 11.8 Å². The molecule has 5 heteroatoms. The van der Waals surface area contributed by atoms with Gasteiger partial charge in [0.25, 0.3) is 0 Å². The standard InChI is InChI=1S/C19H25N3O2/c1-13-10-15(8-9-22(13)18(23)24-19(2,3)4)14-6-7-16-12-20-21(5)17(16)11-14/h6-8,11-13H,9-10H2,1-5H3/t13-/m0/s1. The smallest absolute Gasteiger partial charge is 0.410 e. The minimum atomic E-state index is -0.467. The van der Waals surface area contributed by atoms with E-state index < -0.39 is 5.60 Å². The largest absolute Gasteiger partial charge is 0.444 e. The maximum atomic E-state index is 12.3. The van der Waals surface area contributed by atoms with Crippen molar-refractivity contribution in [2.24, 2.45) is 7.05 Å². The average molecular weight is 327 g/mol. The van der Waals surface area contributed by atoms with Gasteiger partial charge < -0.3 is 9.64 Å². The molecule has 3 rings (SSSR count). The fourth-order valence-electron chi connectivity index (χ4n) is 3.05. The summed E-state index contributed by atoms with van der Waals surface area (Å²) in [6, 6.07) is 6.51. The zero-order chi connectivity index (χ0) is 17.5. The Kier molecular flexibility index (Phi) is 4.11. The molecule has 0 aliphatic carbocycles. The maximum absolute atomic E-state index is 12.3. The molecule has 0 radical (unpaired) electrons. The third-order valence-corrected chi connectivity index (χ3v) is 4.33. The lowest BCUT2D eigenvalue weighted by Gasteiger charge is -2.34. The zero-order valence-electron chi connectivity index (χ0n) is 15.0. The van der Waals surface area contributed by atoms with E-state index in [9.17, 15) is 4.79 Å². The fourth-order valence-corrected chi connectivity index (χ4v) is 3.05. The van der Waals surface area contributed by atoms with Crippen molar-refractivity contribution in [3.8, 4) is 0 Å². The number of aromatic nitrogens is 2. The van der Waals surface area contributed by atoms with Gasteiger partial charge in [-0.3, -0.25) is 4.68 Å². The lowest BCUT2D eigenvalue weighted by molar-refractivity contribution is 0.0199. The van der Waals surface area contributed by atoms with Crippen LogP contribution in [0.4, 0.5) is 4.79 Å². The number of rotatable bonds is 1. The van der Waals surface area contributed by atoms with Crippen molar-refractivity contribution < 1.29 is 9.53 Å². The second kappa shape index (κ2) is 5.96. The predicted octanol–water partition coefficient (Wildman–Crippen LogP) is 3.99. The molecular weight excluding hydrogens is 302 g/mol. The first-order valence-corrected chi connectivity index (χ1v) is 8.35. The Balaban J connectivity index is 1.81. The van der Waals surface area contributed by atoms with Gasteiger partial charge in [0.2, 0.25) is 0 Å². The van der Waals surface area contributed by atoms with Crippen LogP contribution in [-0.4, -0.2) is 39.0 Å². The number of hydrogen-bond donors (Lipinski definition) is 0. The van der Waals surface area contributed by atoms with Crippen LogP contribution in [0.2, 0.25) is 0 Å². The van der Waals surface area contributed by atoms with Crippen LogP contribution in [0.15, 0.2) is 30.5 Å². The lowest BCUT2D eigenvalue weighted by atomic mass is 9.94. The van der Waals surface area contributed by atoms with Crippen molar-refractivity contribution >= 4 is 22.6 Å². The number of carbonyl (C=O) groups is 1. The van der Waals surface area contributed by atoms with Crippen LogP contribution in [0, 0.1) is 0 Å². The molecule has 1 atom stereocenters. The van der Waals surface area contributed by atoms with Crippen molar-refractivity contribution in [1.82, 2.24) is 14.7 Å². The highest BCUT2D eigenvalue weighted by Crippen LogP contribution is 2.29. The van der Waals surface area contributed by atoms with Crippen LogP contribution in [0.1, 0.15) is 39.7 Å². The topological polar surface area (TPSA) is 47.4 Å². The number of nitrogens with zero attached hydrogens (tertiary/aromatic N) is 3. The normalized spacial score (nSPS) is 18.6. The summed E-state index contributed by atoms with van der Waals surface area (Å²) in [5.41, 5.74) is 3.12. The van der Waals surface area contributed by atoms with Gasteiger partial charge in [0.15, 0.2) is 0 Å². The van der Waals surface area contributed by atoms with Crippen molar-refractivity contribution in [2.75, 3.05) is 6.54 Å². The number of aryl methyl sites for hydroxylation is 1. The first-order valence-electron chi connectivity index (χ1n) is 8.35. The zero-order valence-corrected chi connectivity index (χ0v) is 15.0. The summed E-state index contributed by atoms with van der Waals surface area (Å²) in [5, 5.41) is 5.43. The van der Waals surface area contributed by atoms with E-state index in [0.717, 1.165) is 17.3 Å². The molecule has 0 N–H and O–H groups in total. The van der Waals surface area contributed by atoms with Crippen LogP contribution >= 0.6 is 0 Å². The summed E-state index contributed by atoms with van der Waals surface area (Å²) in [6.45, 7) is 8.33. The van der Waals surface area contributed by atoms with Gasteiger partial charge in [-0.2, -0.15) is 5.10 Å². The summed E-state index contributed by atoms with van der Waals surface area (Å²) in [7, 11) is 1.95. The molecule has 0 spiro atoms. The highest BCUT2D eigenvalue weighted by atomic mass is 16.6. The van der Waals surface area contributed by atoms with Crippen LogP contribution in [0.5, 0.6) is 0 Å². The molecule has 128 valence electrons. The Hall–Kier alpha value is -2.30. The molecule has 2 heterocycles. The number of carbonyl (C=O) groups excluding carboxylic acids is 1. The van der Waals surface area contributed by atoms with E-state index in [-0.39, 0.29) is 12.1 Å². The first kappa shape index (κ1) is 16.6. The highest BCUT2D eigenvalue weighted by molar-refractivity contribution is 5.84. The summed E-state index contributed by atoms with van der Waals surface area (Å²) < 4.78 is 7.39. The van der Waals surface area contributed by atoms with Gasteiger partial charge in [0.05, 0.1) is 11.7 Å². The van der Waals surface area contributed by atoms with E-state index in [2.05, 4.69) is 36.3 Å². The van der Waals surface area contributed by atoms with Gasteiger partial charge in [0, 0.05) is 25.0 Å². The first-order chi connectivity index (χ1) is 11.2. The molecular formula is C19H25N3O2. The fraction of sp³-hybridized carbons (Fsp3) is 0.474. The van der Waals surface area contributed by atoms with E-state index in [0.29, 0.717) is 6.54 Å². The number of fused-ring (bicyclic) bond motifs is 1. The van der Waals surface area contributed by atoms with E-state index in [1.54, 1.807) is 4.90 Å². The molecule has 5 nitrogen and oxygen atoms in total. The molecule has 1 amide bonds. The maximum Gasteiger partial charge on any atom is 0.410 e. The quantitative estimate of drug-likeness (QED) is 0.796. The number of benzene rings is 1. The molecule has 1 aromatic carbocycles. The molecule has 0 bridgehead atoms. The number of amides is 1. The summed E-state index contributed by atoms with van der Waals surface area (Å²) in [4.78, 5) is 14.1. The SMILES string of the molecule is C[C@H]1CC(c2ccc3cnn(C)c3c2)=CCN1C(=O)OC(C)(C)C. The Morgan fingerprint density at radius 2 is 2.08 bits per heavy atom. The Morgan fingerprint density at radius 3 is 2.75 bits per heavy atom. The van der Waals surface area contributed by atoms with Gasteiger partial charge in [0.1, 0.15) is 5.60 Å². The summed E-state index contributed by atoms with van der Waals surface area (Å²) >= 11 is 0. The van der Waals surface area contributed by atoms with Crippen molar-refractivity contribution in [3.63, 3.8) is 0 Å². The van der Waals surface area contributed by atoms with Gasteiger partial charge in [-0.25, -0.2) is 4.79 Å². The highest BCUT2D eigenvalue weighted by Gasteiger charge is 2.28. The second-order valence-electron chi connectivity index (χ2n) is 7.46. The Bertz CT molecular complexity index is 799. The molecule has 0 fully saturated rings. The van der Waals surface area contributed by atoms with Gasteiger partial charge in [-0.05, 0) is 51.3 Å². The van der Waals surface area contributed by atoms with Gasteiger partial charge in [-0.15, -0.1) is 0 Å². The lowest BCUT2D eigenvalue weighted by Crippen LogP contribution is -2.44. The average Bonchev–Trinajstić information content (AvgIpc) is 2.86. The van der Waals surface area contributed by atoms with Crippen LogP contribution < -0.4 is 0 Å². The minimum absolute atomic E-state index is 0.113. The molecule has 1 aliphatic rings. The minimum Gasteiger partial charge on any atom is -0.444 e. The molecule has 0 unspecified atom stereocenters. The van der Waals surface area contributed by atoms with Crippen molar-refractivity contribution in [2.45, 2.75) is 45.8 Å². The van der Waals surface area contributed by atoms with E-state index in [4.69, 9.17) is 4.74 Å². The van der Waals surface area contributed by atoms with Crippen molar-refractivity contribution in [3.05, 3.63) is 36.0 Å². The molecule has 0 saturated carbocycles. The van der Waals surface area contributed by atoms with E-state index in [1.807, 2.05) is 38.7 Å². The van der Waals surface area contributed by atoms with Crippen molar-refractivity contribution in [1.29, 1.82) is 0 Å². The van der Waals surface area contributed by atoms with Crippen LogP contribution in [0.25, 0.3) is 16.5 Å². The third-order valence-electron chi connectivity index (χ3n) is 4.33.